The molecule has 4 rings (SSSR count). The van der Waals surface area contributed by atoms with Crippen LogP contribution in [0.15, 0.2) is 54.6 Å². The molecule has 2 aromatic carbocycles. The monoisotopic (exact) mass is 422 g/mol. The summed E-state index contributed by atoms with van der Waals surface area (Å²) < 4.78 is 11.7. The highest BCUT2D eigenvalue weighted by atomic mass is 32.1. The number of rotatable bonds is 5. The van der Waals surface area contributed by atoms with Crippen LogP contribution in [-0.2, 0) is 16.0 Å². The lowest BCUT2D eigenvalue weighted by molar-refractivity contribution is -0.160. The van der Waals surface area contributed by atoms with Crippen LogP contribution in [0, 0.1) is 0 Å². The van der Waals surface area contributed by atoms with E-state index in [9.17, 15) is 9.90 Å². The number of benzene rings is 2. The summed E-state index contributed by atoms with van der Waals surface area (Å²) in [5, 5.41) is 9.99. The van der Waals surface area contributed by atoms with E-state index in [1.807, 2.05) is 63.2 Å². The van der Waals surface area contributed by atoms with Crippen LogP contribution in [0.4, 0.5) is 0 Å². The third-order valence-corrected chi connectivity index (χ3v) is 6.20. The van der Waals surface area contributed by atoms with Gasteiger partial charge in [0.15, 0.2) is 6.10 Å². The fourth-order valence-corrected chi connectivity index (χ4v) is 4.88. The molecule has 0 aliphatic carbocycles. The Morgan fingerprint density at radius 2 is 1.87 bits per heavy atom. The van der Waals surface area contributed by atoms with Gasteiger partial charge in [-0.2, -0.15) is 0 Å². The predicted molar refractivity (Wildman–Crippen MR) is 120 cm³/mol. The van der Waals surface area contributed by atoms with E-state index >= 15 is 0 Å². The average molecular weight is 423 g/mol. The first-order valence-corrected chi connectivity index (χ1v) is 11.0. The van der Waals surface area contributed by atoms with Crippen molar-refractivity contribution in [1.82, 2.24) is 0 Å². The van der Waals surface area contributed by atoms with Crippen LogP contribution < -0.4 is 4.74 Å². The summed E-state index contributed by atoms with van der Waals surface area (Å²) in [6.07, 6.45) is 0.928. The molecule has 1 N–H and O–H groups in total. The number of aliphatic carboxylic acids is 1. The number of aryl methyl sites for hydroxylation is 1. The van der Waals surface area contributed by atoms with Crippen molar-refractivity contribution in [3.05, 3.63) is 65.0 Å². The van der Waals surface area contributed by atoms with Gasteiger partial charge in [-0.3, -0.25) is 0 Å². The minimum absolute atomic E-state index is 0.582. The van der Waals surface area contributed by atoms with Crippen LogP contribution in [0.2, 0.25) is 0 Å². The maximum Gasteiger partial charge on any atom is 0.338 e. The minimum Gasteiger partial charge on any atom is -0.493 e. The fourth-order valence-electron chi connectivity index (χ4n) is 3.67. The lowest BCUT2D eigenvalue weighted by atomic mass is 9.97. The number of carboxylic acids is 1. The molecule has 0 saturated heterocycles. The summed E-state index contributed by atoms with van der Waals surface area (Å²) >= 11 is 1.48. The number of thiophene rings is 1. The fraction of sp³-hybridized carbons (Fsp3) is 0.320. The zero-order chi connectivity index (χ0) is 21.3. The van der Waals surface area contributed by atoms with Gasteiger partial charge in [0.05, 0.1) is 17.1 Å². The van der Waals surface area contributed by atoms with E-state index in [0.29, 0.717) is 4.88 Å². The molecule has 0 bridgehead atoms. The third kappa shape index (κ3) is 4.42. The Morgan fingerprint density at radius 3 is 2.57 bits per heavy atom. The molecular formula is C25H26O4S. The first-order valence-electron chi connectivity index (χ1n) is 10.2. The second-order valence-corrected chi connectivity index (χ2v) is 9.56. The van der Waals surface area contributed by atoms with Gasteiger partial charge in [-0.05, 0) is 74.1 Å². The lowest BCUT2D eigenvalue weighted by Crippen LogP contribution is -2.27. The first-order chi connectivity index (χ1) is 14.3. The van der Waals surface area contributed by atoms with Crippen molar-refractivity contribution in [3.8, 4) is 27.3 Å². The highest BCUT2D eigenvalue weighted by molar-refractivity contribution is 7.16. The Bertz CT molecular complexity index is 1050. The molecular weight excluding hydrogens is 396 g/mol. The van der Waals surface area contributed by atoms with E-state index in [1.165, 1.54) is 16.9 Å². The van der Waals surface area contributed by atoms with Crippen molar-refractivity contribution in [1.29, 1.82) is 0 Å². The molecule has 0 radical (unpaired) electrons. The van der Waals surface area contributed by atoms with Gasteiger partial charge in [0.25, 0.3) is 0 Å². The molecule has 3 aromatic rings. The predicted octanol–water partition coefficient (Wildman–Crippen LogP) is 6.35. The van der Waals surface area contributed by atoms with Crippen LogP contribution in [0.3, 0.4) is 0 Å². The van der Waals surface area contributed by atoms with E-state index < -0.39 is 17.7 Å². The molecule has 0 amide bonds. The topological polar surface area (TPSA) is 55.8 Å². The number of carbonyl (C=O) groups is 1. The van der Waals surface area contributed by atoms with Gasteiger partial charge in [-0.25, -0.2) is 4.79 Å². The quantitative estimate of drug-likeness (QED) is 0.521. The van der Waals surface area contributed by atoms with Crippen molar-refractivity contribution >= 4 is 17.3 Å². The molecule has 0 spiro atoms. The van der Waals surface area contributed by atoms with Gasteiger partial charge in [0, 0.05) is 4.88 Å². The Hall–Kier alpha value is -2.63. The molecule has 156 valence electrons. The van der Waals surface area contributed by atoms with Crippen LogP contribution in [0.1, 0.15) is 43.7 Å². The van der Waals surface area contributed by atoms with Gasteiger partial charge in [-0.1, -0.05) is 36.4 Å². The first kappa shape index (κ1) is 20.6. The van der Waals surface area contributed by atoms with Gasteiger partial charge < -0.3 is 14.6 Å². The number of hydrogen-bond acceptors (Lipinski definition) is 4. The smallest absolute Gasteiger partial charge is 0.338 e. The number of ether oxygens (including phenoxy) is 2. The van der Waals surface area contributed by atoms with Gasteiger partial charge in [0.1, 0.15) is 5.75 Å². The Balaban J connectivity index is 1.85. The van der Waals surface area contributed by atoms with E-state index in [1.54, 1.807) is 0 Å². The SMILES string of the molecule is CC(C)(C)OC(C(=O)O)c1sc(-c2ccccc2)cc1-c1ccc2c(c1)CCCO2. The normalized spacial score (nSPS) is 14.6. The molecule has 0 fully saturated rings. The van der Waals surface area contributed by atoms with Crippen LogP contribution in [-0.4, -0.2) is 23.3 Å². The molecule has 1 aromatic heterocycles. The molecule has 1 aliphatic rings. The number of fused-ring (bicyclic) bond motifs is 1. The maximum absolute atomic E-state index is 12.2. The minimum atomic E-state index is -1.03. The van der Waals surface area contributed by atoms with Crippen LogP contribution in [0.5, 0.6) is 5.75 Å². The molecule has 5 heteroatoms. The summed E-state index contributed by atoms with van der Waals surface area (Å²) in [5.74, 6) is -0.0558. The second kappa shape index (κ2) is 8.25. The largest absolute Gasteiger partial charge is 0.493 e. The molecule has 1 aliphatic heterocycles. The molecule has 4 nitrogen and oxygen atoms in total. The molecule has 1 atom stereocenters. The number of hydrogen-bond donors (Lipinski definition) is 1. The van der Waals surface area contributed by atoms with Gasteiger partial charge in [0.2, 0.25) is 0 Å². The van der Waals surface area contributed by atoms with Crippen molar-refractivity contribution in [2.75, 3.05) is 6.61 Å². The second-order valence-electron chi connectivity index (χ2n) is 8.48. The van der Waals surface area contributed by atoms with Crippen molar-refractivity contribution in [2.24, 2.45) is 0 Å². The van der Waals surface area contributed by atoms with E-state index in [-0.39, 0.29) is 0 Å². The van der Waals surface area contributed by atoms with Crippen LogP contribution in [0.25, 0.3) is 21.6 Å². The summed E-state index contributed by atoms with van der Waals surface area (Å²) in [6.45, 7) is 6.38. The molecule has 0 saturated carbocycles. The van der Waals surface area contributed by atoms with E-state index in [0.717, 1.165) is 46.8 Å². The van der Waals surface area contributed by atoms with Crippen LogP contribution >= 0.6 is 11.3 Å². The maximum atomic E-state index is 12.2. The lowest BCUT2D eigenvalue weighted by Gasteiger charge is -2.25. The van der Waals surface area contributed by atoms with Gasteiger partial charge >= 0.3 is 5.97 Å². The van der Waals surface area contributed by atoms with E-state index in [4.69, 9.17) is 9.47 Å². The standard InChI is InChI=1S/C25H26O4S/c1-25(2,3)29-22(24(26)27)23-19(15-21(30-23)16-8-5-4-6-9-16)17-11-12-20-18(14-17)10-7-13-28-20/h4-6,8-9,11-12,14-15,22H,7,10,13H2,1-3H3,(H,26,27). The summed E-state index contributed by atoms with van der Waals surface area (Å²) in [7, 11) is 0. The van der Waals surface area contributed by atoms with Crippen molar-refractivity contribution < 1.29 is 19.4 Å². The molecule has 1 unspecified atom stereocenters. The van der Waals surface area contributed by atoms with E-state index in [2.05, 4.69) is 12.1 Å². The van der Waals surface area contributed by atoms with Crippen molar-refractivity contribution in [3.63, 3.8) is 0 Å². The third-order valence-electron chi connectivity index (χ3n) is 4.97. The highest BCUT2D eigenvalue weighted by Gasteiger charge is 2.31. The summed E-state index contributed by atoms with van der Waals surface area (Å²) in [6, 6.07) is 18.3. The summed E-state index contributed by atoms with van der Waals surface area (Å²) in [5.41, 5.74) is 3.55. The highest BCUT2D eigenvalue weighted by Crippen LogP contribution is 2.44. The van der Waals surface area contributed by atoms with Crippen molar-refractivity contribution in [2.45, 2.75) is 45.3 Å². The zero-order valence-corrected chi connectivity index (χ0v) is 18.3. The zero-order valence-electron chi connectivity index (χ0n) is 17.5. The Kier molecular flexibility index (Phi) is 5.67. The summed E-state index contributed by atoms with van der Waals surface area (Å²) in [4.78, 5) is 13.9. The Morgan fingerprint density at radius 1 is 1.10 bits per heavy atom. The Labute approximate surface area is 181 Å². The average Bonchev–Trinajstić information content (AvgIpc) is 3.16. The van der Waals surface area contributed by atoms with Gasteiger partial charge in [-0.15, -0.1) is 11.3 Å². The number of carboxylic acid groups (broad SMARTS) is 1. The molecule has 2 heterocycles. The molecule has 30 heavy (non-hydrogen) atoms.